The summed E-state index contributed by atoms with van der Waals surface area (Å²) in [7, 11) is 1.69. The highest BCUT2D eigenvalue weighted by Gasteiger charge is 2.17. The fourth-order valence-electron chi connectivity index (χ4n) is 1.91. The Morgan fingerprint density at radius 2 is 2.36 bits per heavy atom. The van der Waals surface area contributed by atoms with Crippen LogP contribution in [0.5, 0.6) is 5.75 Å². The molecule has 0 bridgehead atoms. The van der Waals surface area contributed by atoms with Crippen molar-refractivity contribution in [3.63, 3.8) is 0 Å². The molecule has 1 aliphatic rings. The lowest BCUT2D eigenvalue weighted by Crippen LogP contribution is -2.09. The zero-order chi connectivity index (χ0) is 9.97. The van der Waals surface area contributed by atoms with Crippen LogP contribution in [0.2, 0.25) is 0 Å². The third-order valence-electron chi connectivity index (χ3n) is 2.67. The highest BCUT2D eigenvalue weighted by Crippen LogP contribution is 2.34. The number of fused-ring (bicyclic) bond motifs is 1. The van der Waals surface area contributed by atoms with Crippen LogP contribution in [0, 0.1) is 0 Å². The van der Waals surface area contributed by atoms with Gasteiger partial charge < -0.3 is 15.8 Å². The number of para-hydroxylation sites is 1. The topological polar surface area (TPSA) is 47.3 Å². The largest absolute Gasteiger partial charge is 0.495 e. The van der Waals surface area contributed by atoms with Crippen LogP contribution in [0.3, 0.4) is 0 Å². The zero-order valence-corrected chi connectivity index (χ0v) is 8.42. The average molecular weight is 192 g/mol. The molecular formula is C11H16N2O. The van der Waals surface area contributed by atoms with E-state index in [1.165, 1.54) is 5.56 Å². The monoisotopic (exact) mass is 192 g/mol. The lowest BCUT2D eigenvalue weighted by Gasteiger charge is -2.15. The normalized spacial score (nSPS) is 20.6. The number of nitrogens with one attached hydrogen (secondary N) is 1. The van der Waals surface area contributed by atoms with Crippen molar-refractivity contribution in [3.8, 4) is 5.75 Å². The third-order valence-corrected chi connectivity index (χ3v) is 2.67. The van der Waals surface area contributed by atoms with Crippen molar-refractivity contribution in [2.24, 2.45) is 5.73 Å². The zero-order valence-electron chi connectivity index (χ0n) is 8.42. The van der Waals surface area contributed by atoms with Gasteiger partial charge >= 0.3 is 0 Å². The van der Waals surface area contributed by atoms with E-state index in [0.717, 1.165) is 30.8 Å². The summed E-state index contributed by atoms with van der Waals surface area (Å²) in [6, 6.07) is 6.16. The Morgan fingerprint density at radius 1 is 1.50 bits per heavy atom. The average Bonchev–Trinajstić information content (AvgIpc) is 2.41. The second-order valence-electron chi connectivity index (χ2n) is 3.60. The molecule has 0 spiro atoms. The minimum Gasteiger partial charge on any atom is -0.495 e. The summed E-state index contributed by atoms with van der Waals surface area (Å²) in [5.41, 5.74) is 8.31. The summed E-state index contributed by atoms with van der Waals surface area (Å²) in [5.74, 6) is 0.889. The molecule has 0 saturated carbocycles. The summed E-state index contributed by atoms with van der Waals surface area (Å²) in [4.78, 5) is 0. The molecule has 1 aliphatic heterocycles. The van der Waals surface area contributed by atoms with E-state index in [-0.39, 0.29) is 6.04 Å². The first-order chi connectivity index (χ1) is 6.83. The molecule has 0 radical (unpaired) electrons. The minimum atomic E-state index is 0.134. The maximum absolute atomic E-state index is 6.07. The molecule has 0 amide bonds. The van der Waals surface area contributed by atoms with E-state index in [1.807, 2.05) is 12.1 Å². The van der Waals surface area contributed by atoms with Crippen LogP contribution in [-0.2, 0) is 0 Å². The van der Waals surface area contributed by atoms with Gasteiger partial charge in [0.2, 0.25) is 0 Å². The Labute approximate surface area is 84.3 Å². The predicted molar refractivity (Wildman–Crippen MR) is 57.6 cm³/mol. The van der Waals surface area contributed by atoms with Gasteiger partial charge in [0.1, 0.15) is 5.75 Å². The quantitative estimate of drug-likeness (QED) is 0.714. The molecule has 0 fully saturated rings. The van der Waals surface area contributed by atoms with Gasteiger partial charge in [-0.25, -0.2) is 0 Å². The van der Waals surface area contributed by atoms with E-state index in [4.69, 9.17) is 10.5 Å². The molecule has 3 heteroatoms. The van der Waals surface area contributed by atoms with E-state index < -0.39 is 0 Å². The predicted octanol–water partition coefficient (Wildman–Crippen LogP) is 1.90. The summed E-state index contributed by atoms with van der Waals surface area (Å²) >= 11 is 0. The molecule has 0 saturated heterocycles. The Bertz CT molecular complexity index is 325. The Kier molecular flexibility index (Phi) is 2.59. The molecule has 1 heterocycles. The van der Waals surface area contributed by atoms with Gasteiger partial charge in [-0.05, 0) is 24.5 Å². The van der Waals surface area contributed by atoms with Gasteiger partial charge in [-0.1, -0.05) is 12.1 Å². The number of ether oxygens (including phenoxy) is 1. The number of benzene rings is 1. The number of nitrogens with two attached hydrogens (primary N) is 1. The number of methoxy groups -OCH3 is 1. The summed E-state index contributed by atoms with van der Waals surface area (Å²) in [6.45, 7) is 0.973. The molecule has 3 nitrogen and oxygen atoms in total. The molecule has 14 heavy (non-hydrogen) atoms. The van der Waals surface area contributed by atoms with E-state index in [9.17, 15) is 0 Å². The van der Waals surface area contributed by atoms with Crippen molar-refractivity contribution < 1.29 is 4.74 Å². The second kappa shape index (κ2) is 3.88. The van der Waals surface area contributed by atoms with Gasteiger partial charge in [-0.15, -0.1) is 0 Å². The maximum Gasteiger partial charge on any atom is 0.142 e. The molecule has 1 atom stereocenters. The summed E-state index contributed by atoms with van der Waals surface area (Å²) in [5, 5.41) is 3.37. The highest BCUT2D eigenvalue weighted by atomic mass is 16.5. The SMILES string of the molecule is COc1cccc2c1NCCCC2N. The van der Waals surface area contributed by atoms with Crippen molar-refractivity contribution in [1.29, 1.82) is 0 Å². The van der Waals surface area contributed by atoms with Crippen LogP contribution in [0.4, 0.5) is 5.69 Å². The Morgan fingerprint density at radius 3 is 3.14 bits per heavy atom. The number of hydrogen-bond donors (Lipinski definition) is 2. The molecule has 0 aliphatic carbocycles. The summed E-state index contributed by atoms with van der Waals surface area (Å²) < 4.78 is 5.30. The number of hydrogen-bond acceptors (Lipinski definition) is 3. The first-order valence-electron chi connectivity index (χ1n) is 4.99. The van der Waals surface area contributed by atoms with Gasteiger partial charge in [0.25, 0.3) is 0 Å². The summed E-state index contributed by atoms with van der Waals surface area (Å²) in [6.07, 6.45) is 2.15. The molecular weight excluding hydrogens is 176 g/mol. The van der Waals surface area contributed by atoms with Crippen LogP contribution in [-0.4, -0.2) is 13.7 Å². The molecule has 0 aromatic heterocycles. The van der Waals surface area contributed by atoms with Crippen LogP contribution >= 0.6 is 0 Å². The second-order valence-corrected chi connectivity index (χ2v) is 3.60. The lowest BCUT2D eigenvalue weighted by atomic mass is 10.0. The van der Waals surface area contributed by atoms with E-state index in [0.29, 0.717) is 0 Å². The molecule has 1 unspecified atom stereocenters. The third kappa shape index (κ3) is 1.55. The Balaban J connectivity index is 2.46. The van der Waals surface area contributed by atoms with Crippen LogP contribution in [0.25, 0.3) is 0 Å². The van der Waals surface area contributed by atoms with Crippen molar-refractivity contribution in [2.45, 2.75) is 18.9 Å². The van der Waals surface area contributed by atoms with E-state index in [2.05, 4.69) is 11.4 Å². The van der Waals surface area contributed by atoms with E-state index in [1.54, 1.807) is 7.11 Å². The number of anilines is 1. The van der Waals surface area contributed by atoms with Gasteiger partial charge in [-0.3, -0.25) is 0 Å². The minimum absolute atomic E-state index is 0.134. The van der Waals surface area contributed by atoms with Crippen molar-refractivity contribution >= 4 is 5.69 Å². The fourth-order valence-corrected chi connectivity index (χ4v) is 1.91. The maximum atomic E-state index is 6.07. The Hall–Kier alpha value is -1.22. The van der Waals surface area contributed by atoms with Crippen molar-refractivity contribution in [3.05, 3.63) is 23.8 Å². The standard InChI is InChI=1S/C11H16N2O/c1-14-10-6-2-4-8-9(12)5-3-7-13-11(8)10/h2,4,6,9,13H,3,5,7,12H2,1H3. The highest BCUT2D eigenvalue weighted by molar-refractivity contribution is 5.63. The van der Waals surface area contributed by atoms with Crippen LogP contribution in [0.1, 0.15) is 24.4 Å². The smallest absolute Gasteiger partial charge is 0.142 e. The molecule has 3 N–H and O–H groups in total. The van der Waals surface area contributed by atoms with Crippen molar-refractivity contribution in [2.75, 3.05) is 19.0 Å². The van der Waals surface area contributed by atoms with Crippen LogP contribution in [0.15, 0.2) is 18.2 Å². The first-order valence-corrected chi connectivity index (χ1v) is 4.99. The van der Waals surface area contributed by atoms with E-state index >= 15 is 0 Å². The molecule has 2 rings (SSSR count). The van der Waals surface area contributed by atoms with Gasteiger partial charge in [0.15, 0.2) is 0 Å². The van der Waals surface area contributed by atoms with Crippen LogP contribution < -0.4 is 15.8 Å². The van der Waals surface area contributed by atoms with Gasteiger partial charge in [0.05, 0.1) is 12.8 Å². The molecule has 76 valence electrons. The van der Waals surface area contributed by atoms with Gasteiger partial charge in [-0.2, -0.15) is 0 Å². The molecule has 1 aromatic rings. The fraction of sp³-hybridized carbons (Fsp3) is 0.455. The first kappa shape index (κ1) is 9.34. The molecule has 1 aromatic carbocycles. The van der Waals surface area contributed by atoms with Gasteiger partial charge in [0, 0.05) is 12.6 Å². The van der Waals surface area contributed by atoms with Crippen molar-refractivity contribution in [1.82, 2.24) is 0 Å². The lowest BCUT2D eigenvalue weighted by molar-refractivity contribution is 0.416. The number of rotatable bonds is 1.